The number of halogens is 1. The number of ether oxygens (including phenoxy) is 1. The first-order chi connectivity index (χ1) is 10.0. The Bertz CT molecular complexity index is 738. The number of carboxylic acid groups (broad SMARTS) is 1. The molecule has 0 aliphatic carbocycles. The van der Waals surface area contributed by atoms with Crippen LogP contribution in [-0.4, -0.2) is 11.1 Å². The van der Waals surface area contributed by atoms with Crippen LogP contribution in [0, 0.1) is 17.1 Å². The summed E-state index contributed by atoms with van der Waals surface area (Å²) in [4.78, 5) is 11.1. The van der Waals surface area contributed by atoms with Crippen molar-refractivity contribution in [3.8, 4) is 11.8 Å². The number of anilines is 1. The lowest BCUT2D eigenvalue weighted by molar-refractivity contribution is 0.0693. The van der Waals surface area contributed by atoms with Crippen molar-refractivity contribution in [2.75, 3.05) is 5.73 Å². The molecule has 3 N–H and O–H groups in total. The van der Waals surface area contributed by atoms with Gasteiger partial charge in [0.2, 0.25) is 0 Å². The van der Waals surface area contributed by atoms with E-state index in [2.05, 4.69) is 0 Å². The highest BCUT2D eigenvalue weighted by Crippen LogP contribution is 2.25. The second-order valence-corrected chi connectivity index (χ2v) is 4.27. The van der Waals surface area contributed by atoms with E-state index in [1.807, 2.05) is 6.07 Å². The number of nitrogens with zero attached hydrogens (tertiary/aromatic N) is 1. The van der Waals surface area contributed by atoms with Crippen molar-refractivity contribution in [2.24, 2.45) is 0 Å². The summed E-state index contributed by atoms with van der Waals surface area (Å²) in [6.07, 6.45) is 0. The van der Waals surface area contributed by atoms with Crippen molar-refractivity contribution >= 4 is 11.7 Å². The van der Waals surface area contributed by atoms with Crippen LogP contribution in [-0.2, 0) is 6.61 Å². The van der Waals surface area contributed by atoms with Gasteiger partial charge < -0.3 is 15.6 Å². The molecule has 5 nitrogen and oxygen atoms in total. The first kappa shape index (κ1) is 14.3. The molecule has 6 heteroatoms. The number of rotatable bonds is 4. The quantitative estimate of drug-likeness (QED) is 0.842. The summed E-state index contributed by atoms with van der Waals surface area (Å²) in [5.74, 6) is -1.68. The Morgan fingerprint density at radius 3 is 2.81 bits per heavy atom. The summed E-state index contributed by atoms with van der Waals surface area (Å²) < 4.78 is 18.7. The van der Waals surface area contributed by atoms with Crippen LogP contribution in [0.5, 0.6) is 5.75 Å². The minimum atomic E-state index is -1.21. The summed E-state index contributed by atoms with van der Waals surface area (Å²) in [7, 11) is 0. The fourth-order valence-corrected chi connectivity index (χ4v) is 1.86. The van der Waals surface area contributed by atoms with Gasteiger partial charge in [0.1, 0.15) is 23.7 Å². The molecule has 2 aromatic rings. The van der Waals surface area contributed by atoms with Crippen molar-refractivity contribution in [1.29, 1.82) is 5.26 Å². The summed E-state index contributed by atoms with van der Waals surface area (Å²) in [6.45, 7) is -0.0732. The van der Waals surface area contributed by atoms with E-state index in [1.165, 1.54) is 24.3 Å². The van der Waals surface area contributed by atoms with Crippen molar-refractivity contribution < 1.29 is 19.0 Å². The molecule has 2 aromatic carbocycles. The van der Waals surface area contributed by atoms with Gasteiger partial charge in [-0.2, -0.15) is 5.26 Å². The number of carbonyl (C=O) groups is 1. The maximum atomic E-state index is 13.3. The molecule has 0 aliphatic heterocycles. The van der Waals surface area contributed by atoms with Gasteiger partial charge in [-0.25, -0.2) is 9.18 Å². The Balaban J connectivity index is 2.25. The first-order valence-corrected chi connectivity index (χ1v) is 5.95. The van der Waals surface area contributed by atoms with Gasteiger partial charge in [0.05, 0.1) is 11.6 Å². The largest absolute Gasteiger partial charge is 0.488 e. The second kappa shape index (κ2) is 5.92. The smallest absolute Gasteiger partial charge is 0.341 e. The van der Waals surface area contributed by atoms with E-state index in [9.17, 15) is 9.18 Å². The number of hydrogen-bond donors (Lipinski definition) is 2. The average molecular weight is 286 g/mol. The second-order valence-electron chi connectivity index (χ2n) is 4.27. The highest BCUT2D eigenvalue weighted by Gasteiger charge is 2.15. The van der Waals surface area contributed by atoms with Crippen LogP contribution in [0.3, 0.4) is 0 Å². The maximum Gasteiger partial charge on any atom is 0.341 e. The zero-order chi connectivity index (χ0) is 15.4. The van der Waals surface area contributed by atoms with Crippen LogP contribution in [0.25, 0.3) is 0 Å². The van der Waals surface area contributed by atoms with Gasteiger partial charge in [-0.15, -0.1) is 0 Å². The number of nitriles is 1. The van der Waals surface area contributed by atoms with Gasteiger partial charge in [0, 0.05) is 5.69 Å². The van der Waals surface area contributed by atoms with E-state index >= 15 is 0 Å². The van der Waals surface area contributed by atoms with Gasteiger partial charge >= 0.3 is 5.97 Å². The SMILES string of the molecule is N#Cc1cc(F)cc(COc2cccc(N)c2C(=O)O)c1. The molecule has 0 fully saturated rings. The summed E-state index contributed by atoms with van der Waals surface area (Å²) in [5.41, 5.74) is 6.12. The Kier molecular flexibility index (Phi) is 4.05. The molecule has 2 rings (SSSR count). The molecule has 0 radical (unpaired) electrons. The molecule has 0 bridgehead atoms. The molecule has 21 heavy (non-hydrogen) atoms. The molecule has 106 valence electrons. The van der Waals surface area contributed by atoms with Gasteiger partial charge in [0.15, 0.2) is 0 Å². The normalized spacial score (nSPS) is 9.90. The number of nitrogen functional groups attached to an aromatic ring is 1. The standard InChI is InChI=1S/C15H11FN2O3/c16-11-5-9(7-17)4-10(6-11)8-21-13-3-1-2-12(18)14(13)15(19)20/h1-6H,8,18H2,(H,19,20). The van der Waals surface area contributed by atoms with E-state index in [1.54, 1.807) is 6.07 Å². The Morgan fingerprint density at radius 1 is 1.38 bits per heavy atom. The Hall–Kier alpha value is -3.07. The molecule has 0 atom stereocenters. The van der Waals surface area contributed by atoms with Gasteiger partial charge in [-0.05, 0) is 35.9 Å². The van der Waals surface area contributed by atoms with Gasteiger partial charge in [-0.1, -0.05) is 6.07 Å². The van der Waals surface area contributed by atoms with Crippen LogP contribution in [0.1, 0.15) is 21.5 Å². The van der Waals surface area contributed by atoms with Crippen molar-refractivity contribution in [2.45, 2.75) is 6.61 Å². The number of aromatic carboxylic acids is 1. The predicted octanol–water partition coefficient (Wildman–Crippen LogP) is 2.56. The molecule has 0 aromatic heterocycles. The fraction of sp³-hybridized carbons (Fsp3) is 0.0667. The predicted molar refractivity (Wildman–Crippen MR) is 73.3 cm³/mol. The minimum absolute atomic E-state index is 0.0732. The molecule has 0 unspecified atom stereocenters. The summed E-state index contributed by atoms with van der Waals surface area (Å²) >= 11 is 0. The molecule has 0 spiro atoms. The topological polar surface area (TPSA) is 96.3 Å². The summed E-state index contributed by atoms with van der Waals surface area (Å²) in [5, 5.41) is 17.9. The lowest BCUT2D eigenvalue weighted by Gasteiger charge is -2.11. The Labute approximate surface area is 120 Å². The molecule has 0 heterocycles. The van der Waals surface area contributed by atoms with Crippen LogP contribution in [0.15, 0.2) is 36.4 Å². The third-order valence-electron chi connectivity index (χ3n) is 2.75. The third-order valence-corrected chi connectivity index (χ3v) is 2.75. The van der Waals surface area contributed by atoms with E-state index in [4.69, 9.17) is 20.8 Å². The molecular weight excluding hydrogens is 275 g/mol. The average Bonchev–Trinajstić information content (AvgIpc) is 2.44. The zero-order valence-electron chi connectivity index (χ0n) is 10.8. The maximum absolute atomic E-state index is 13.3. The van der Waals surface area contributed by atoms with Gasteiger partial charge in [0.25, 0.3) is 0 Å². The van der Waals surface area contributed by atoms with Crippen molar-refractivity contribution in [3.05, 3.63) is 58.9 Å². The van der Waals surface area contributed by atoms with Crippen LogP contribution in [0.4, 0.5) is 10.1 Å². The molecular formula is C15H11FN2O3. The third kappa shape index (κ3) is 3.28. The molecule has 0 saturated heterocycles. The van der Waals surface area contributed by atoms with Crippen LogP contribution >= 0.6 is 0 Å². The fourth-order valence-electron chi connectivity index (χ4n) is 1.86. The van der Waals surface area contributed by atoms with Crippen molar-refractivity contribution in [3.63, 3.8) is 0 Å². The van der Waals surface area contributed by atoms with Crippen molar-refractivity contribution in [1.82, 2.24) is 0 Å². The zero-order valence-corrected chi connectivity index (χ0v) is 10.8. The molecule has 0 amide bonds. The highest BCUT2D eigenvalue weighted by atomic mass is 19.1. The van der Waals surface area contributed by atoms with E-state index in [-0.39, 0.29) is 29.2 Å². The molecule has 0 saturated carbocycles. The number of benzene rings is 2. The van der Waals surface area contributed by atoms with E-state index in [0.717, 1.165) is 6.07 Å². The number of hydrogen-bond acceptors (Lipinski definition) is 4. The lowest BCUT2D eigenvalue weighted by Crippen LogP contribution is -2.07. The van der Waals surface area contributed by atoms with Crippen LogP contribution < -0.4 is 10.5 Å². The monoisotopic (exact) mass is 286 g/mol. The van der Waals surface area contributed by atoms with E-state index < -0.39 is 11.8 Å². The minimum Gasteiger partial charge on any atom is -0.488 e. The first-order valence-electron chi connectivity index (χ1n) is 5.95. The van der Waals surface area contributed by atoms with E-state index in [0.29, 0.717) is 5.56 Å². The highest BCUT2D eigenvalue weighted by molar-refractivity contribution is 5.96. The number of carboxylic acids is 1. The lowest BCUT2D eigenvalue weighted by atomic mass is 10.1. The molecule has 0 aliphatic rings. The Morgan fingerprint density at radius 2 is 2.14 bits per heavy atom. The summed E-state index contributed by atoms with van der Waals surface area (Å²) in [6, 6.07) is 10.1. The number of nitrogens with two attached hydrogens (primary N) is 1. The van der Waals surface area contributed by atoms with Gasteiger partial charge in [-0.3, -0.25) is 0 Å². The van der Waals surface area contributed by atoms with Crippen LogP contribution in [0.2, 0.25) is 0 Å².